The van der Waals surface area contributed by atoms with Gasteiger partial charge in [-0.3, -0.25) is 0 Å². The zero-order valence-electron chi connectivity index (χ0n) is 12.5. The summed E-state index contributed by atoms with van der Waals surface area (Å²) in [5.74, 6) is 0. The largest absolute Gasteiger partial charge is 0.241 e. The van der Waals surface area contributed by atoms with Crippen LogP contribution in [0.4, 0.5) is 0 Å². The number of rotatable bonds is 4. The first-order valence-electron chi connectivity index (χ1n) is 7.23. The second kappa shape index (κ2) is 6.43. The number of halogens is 1. The average molecular weight is 390 g/mol. The van der Waals surface area contributed by atoms with E-state index in [4.69, 9.17) is 0 Å². The van der Waals surface area contributed by atoms with Gasteiger partial charge >= 0.3 is 0 Å². The lowest BCUT2D eigenvalue weighted by molar-refractivity contribution is 0.568. The average Bonchev–Trinajstić information content (AvgIpc) is 2.55. The van der Waals surface area contributed by atoms with Crippen molar-refractivity contribution < 1.29 is 8.42 Å². The number of benzene rings is 3. The van der Waals surface area contributed by atoms with Crippen LogP contribution in [0.3, 0.4) is 0 Å². The molecule has 3 aromatic carbocycles. The molecule has 0 aliphatic heterocycles. The lowest BCUT2D eigenvalue weighted by atomic mass is 10.1. The van der Waals surface area contributed by atoms with Crippen LogP contribution in [0.15, 0.2) is 76.1 Å². The number of nitrogens with one attached hydrogen (secondary N) is 1. The van der Waals surface area contributed by atoms with Crippen LogP contribution >= 0.6 is 15.9 Å². The first-order chi connectivity index (χ1) is 11.0. The summed E-state index contributed by atoms with van der Waals surface area (Å²) >= 11 is 3.47. The van der Waals surface area contributed by atoms with Crippen LogP contribution in [0.2, 0.25) is 0 Å². The van der Waals surface area contributed by atoms with E-state index in [0.717, 1.165) is 15.4 Å². The number of hydrogen-bond acceptors (Lipinski definition) is 2. The van der Waals surface area contributed by atoms with Crippen LogP contribution in [-0.4, -0.2) is 8.42 Å². The van der Waals surface area contributed by atoms with Crippen molar-refractivity contribution in [3.8, 4) is 0 Å². The lowest BCUT2D eigenvalue weighted by Crippen LogP contribution is -2.27. The minimum absolute atomic E-state index is 0.291. The quantitative estimate of drug-likeness (QED) is 0.706. The highest BCUT2D eigenvalue weighted by Gasteiger charge is 2.21. The fourth-order valence-corrected chi connectivity index (χ4v) is 4.50. The molecule has 5 heteroatoms. The molecule has 3 aromatic rings. The van der Waals surface area contributed by atoms with Gasteiger partial charge in [0.15, 0.2) is 0 Å². The third-order valence-corrected chi connectivity index (χ3v) is 6.04. The van der Waals surface area contributed by atoms with E-state index in [0.29, 0.717) is 10.3 Å². The van der Waals surface area contributed by atoms with Crippen molar-refractivity contribution >= 4 is 36.7 Å². The van der Waals surface area contributed by atoms with E-state index in [1.165, 1.54) is 0 Å². The number of hydrogen-bond donors (Lipinski definition) is 1. The van der Waals surface area contributed by atoms with Gasteiger partial charge in [-0.1, -0.05) is 70.5 Å². The summed E-state index contributed by atoms with van der Waals surface area (Å²) in [4.78, 5) is 0.291. The van der Waals surface area contributed by atoms with E-state index in [1.54, 1.807) is 12.1 Å². The first-order valence-corrected chi connectivity index (χ1v) is 9.51. The molecule has 0 aromatic heterocycles. The minimum Gasteiger partial charge on any atom is -0.207 e. The fraction of sp³-hybridized carbons (Fsp3) is 0.111. The van der Waals surface area contributed by atoms with Gasteiger partial charge in [-0.2, -0.15) is 0 Å². The van der Waals surface area contributed by atoms with Gasteiger partial charge in [-0.15, -0.1) is 0 Å². The molecule has 0 radical (unpaired) electrons. The summed E-state index contributed by atoms with van der Waals surface area (Å²) < 4.78 is 29.3. The molecule has 0 fully saturated rings. The van der Waals surface area contributed by atoms with Crippen molar-refractivity contribution in [3.63, 3.8) is 0 Å². The minimum atomic E-state index is -3.62. The van der Waals surface area contributed by atoms with Crippen molar-refractivity contribution in [3.05, 3.63) is 76.8 Å². The Morgan fingerprint density at radius 1 is 0.870 bits per heavy atom. The van der Waals surface area contributed by atoms with E-state index >= 15 is 0 Å². The monoisotopic (exact) mass is 389 g/mol. The molecule has 0 saturated heterocycles. The molecule has 0 heterocycles. The summed E-state index contributed by atoms with van der Waals surface area (Å²) in [5, 5.41) is 1.58. The molecule has 0 saturated carbocycles. The van der Waals surface area contributed by atoms with E-state index in [9.17, 15) is 8.42 Å². The molecule has 118 valence electrons. The molecular formula is C18H16BrNO2S. The summed E-state index contributed by atoms with van der Waals surface area (Å²) in [6.07, 6.45) is 0. The topological polar surface area (TPSA) is 46.2 Å². The summed E-state index contributed by atoms with van der Waals surface area (Å²) in [6, 6.07) is 20.1. The molecule has 0 aliphatic rings. The summed E-state index contributed by atoms with van der Waals surface area (Å²) in [5.41, 5.74) is 0.928. The van der Waals surface area contributed by atoms with E-state index in [2.05, 4.69) is 20.7 Å². The van der Waals surface area contributed by atoms with Gasteiger partial charge < -0.3 is 0 Å². The Morgan fingerprint density at radius 3 is 2.17 bits per heavy atom. The molecule has 0 bridgehead atoms. The van der Waals surface area contributed by atoms with Gasteiger partial charge in [0.05, 0.1) is 4.90 Å². The van der Waals surface area contributed by atoms with Crippen LogP contribution in [-0.2, 0) is 10.0 Å². The lowest BCUT2D eigenvalue weighted by Gasteiger charge is -2.16. The maximum atomic E-state index is 12.8. The van der Waals surface area contributed by atoms with Crippen LogP contribution in [0, 0.1) is 0 Å². The van der Waals surface area contributed by atoms with Crippen molar-refractivity contribution in [2.24, 2.45) is 0 Å². The Bertz CT molecular complexity index is 940. The van der Waals surface area contributed by atoms with E-state index in [1.807, 2.05) is 61.5 Å². The van der Waals surface area contributed by atoms with Crippen molar-refractivity contribution in [1.82, 2.24) is 4.72 Å². The highest BCUT2D eigenvalue weighted by atomic mass is 79.9. The Labute approximate surface area is 144 Å². The zero-order valence-corrected chi connectivity index (χ0v) is 14.9. The zero-order chi connectivity index (χ0) is 16.4. The number of sulfonamides is 1. The molecule has 0 amide bonds. The van der Waals surface area contributed by atoms with Crippen LogP contribution in [0.5, 0.6) is 0 Å². The maximum Gasteiger partial charge on any atom is 0.241 e. The molecule has 1 unspecified atom stereocenters. The molecule has 1 atom stereocenters. The van der Waals surface area contributed by atoms with E-state index < -0.39 is 10.0 Å². The Morgan fingerprint density at radius 2 is 1.48 bits per heavy atom. The Kier molecular flexibility index (Phi) is 4.53. The summed E-state index contributed by atoms with van der Waals surface area (Å²) in [7, 11) is -3.62. The second-order valence-corrected chi connectivity index (χ2v) is 7.88. The van der Waals surface area contributed by atoms with Gasteiger partial charge in [-0.25, -0.2) is 13.1 Å². The molecule has 0 spiro atoms. The SMILES string of the molecule is CC(NS(=O)(=O)c1ccc(Br)c2ccccc12)c1ccccc1. The highest BCUT2D eigenvalue weighted by Crippen LogP contribution is 2.30. The van der Waals surface area contributed by atoms with Gasteiger partial charge in [0.2, 0.25) is 10.0 Å². The van der Waals surface area contributed by atoms with Crippen molar-refractivity contribution in [1.29, 1.82) is 0 Å². The standard InChI is InChI=1S/C18H16BrNO2S/c1-13(14-7-3-2-4-8-14)20-23(21,22)18-12-11-17(19)15-9-5-6-10-16(15)18/h2-13,20H,1H3. The predicted octanol–water partition coefficient (Wildman–Crippen LogP) is 4.64. The summed E-state index contributed by atoms with van der Waals surface area (Å²) in [6.45, 7) is 1.84. The van der Waals surface area contributed by atoms with Crippen molar-refractivity contribution in [2.75, 3.05) is 0 Å². The van der Waals surface area contributed by atoms with Crippen molar-refractivity contribution in [2.45, 2.75) is 17.9 Å². The first kappa shape index (κ1) is 16.2. The molecule has 1 N–H and O–H groups in total. The molecule has 3 nitrogen and oxygen atoms in total. The molecule has 0 aliphatic carbocycles. The Balaban J connectivity index is 2.02. The van der Waals surface area contributed by atoms with Gasteiger partial charge in [0.1, 0.15) is 0 Å². The maximum absolute atomic E-state index is 12.8. The highest BCUT2D eigenvalue weighted by molar-refractivity contribution is 9.10. The number of fused-ring (bicyclic) bond motifs is 1. The van der Waals surface area contributed by atoms with Gasteiger partial charge in [0, 0.05) is 15.9 Å². The van der Waals surface area contributed by atoms with Gasteiger partial charge in [0.25, 0.3) is 0 Å². The predicted molar refractivity (Wildman–Crippen MR) is 96.8 cm³/mol. The third-order valence-electron chi connectivity index (χ3n) is 3.75. The molecular weight excluding hydrogens is 374 g/mol. The fourth-order valence-electron chi connectivity index (χ4n) is 2.57. The Hall–Kier alpha value is -1.69. The second-order valence-electron chi connectivity index (χ2n) is 5.34. The van der Waals surface area contributed by atoms with Crippen LogP contribution in [0.25, 0.3) is 10.8 Å². The van der Waals surface area contributed by atoms with Crippen LogP contribution < -0.4 is 4.72 Å². The third kappa shape index (κ3) is 3.32. The molecule has 23 heavy (non-hydrogen) atoms. The molecule has 3 rings (SSSR count). The normalized spacial score (nSPS) is 13.1. The van der Waals surface area contributed by atoms with E-state index in [-0.39, 0.29) is 6.04 Å². The van der Waals surface area contributed by atoms with Crippen LogP contribution in [0.1, 0.15) is 18.5 Å². The van der Waals surface area contributed by atoms with Gasteiger partial charge in [-0.05, 0) is 30.0 Å². The smallest absolute Gasteiger partial charge is 0.207 e.